The van der Waals surface area contributed by atoms with Crippen LogP contribution in [0.2, 0.25) is 0 Å². The van der Waals surface area contributed by atoms with Crippen LogP contribution >= 0.6 is 31.9 Å². The van der Waals surface area contributed by atoms with Crippen molar-refractivity contribution in [3.63, 3.8) is 0 Å². The van der Waals surface area contributed by atoms with Gasteiger partial charge in [-0.25, -0.2) is 0 Å². The summed E-state index contributed by atoms with van der Waals surface area (Å²) in [7, 11) is 0. The predicted molar refractivity (Wildman–Crippen MR) is 85.7 cm³/mol. The first-order chi connectivity index (χ1) is 8.97. The number of nitrogens with two attached hydrogens (primary N) is 1. The Morgan fingerprint density at radius 3 is 2.42 bits per heavy atom. The van der Waals surface area contributed by atoms with Gasteiger partial charge in [0.15, 0.2) is 0 Å². The first kappa shape index (κ1) is 14.6. The molecule has 2 nitrogen and oxygen atoms in total. The van der Waals surface area contributed by atoms with Crippen molar-refractivity contribution in [1.29, 1.82) is 0 Å². The molecule has 0 saturated heterocycles. The van der Waals surface area contributed by atoms with E-state index >= 15 is 0 Å². The minimum atomic E-state index is -0.00200. The molecule has 100 valence electrons. The van der Waals surface area contributed by atoms with Gasteiger partial charge in [0.25, 0.3) is 0 Å². The third-order valence-corrected chi connectivity index (χ3v) is 4.01. The first-order valence-electron chi connectivity index (χ1n) is 5.96. The summed E-state index contributed by atoms with van der Waals surface area (Å²) in [6.07, 6.45) is 0. The van der Waals surface area contributed by atoms with E-state index in [9.17, 15) is 0 Å². The maximum absolute atomic E-state index is 5.89. The van der Waals surface area contributed by atoms with Crippen LogP contribution in [-0.4, -0.2) is 0 Å². The fourth-order valence-corrected chi connectivity index (χ4v) is 2.99. The summed E-state index contributed by atoms with van der Waals surface area (Å²) in [4.78, 5) is 0. The van der Waals surface area contributed by atoms with Gasteiger partial charge < -0.3 is 10.5 Å². The second kappa shape index (κ2) is 6.07. The molecule has 2 aromatic rings. The van der Waals surface area contributed by atoms with Gasteiger partial charge in [0.1, 0.15) is 11.5 Å². The fourth-order valence-electron chi connectivity index (χ4n) is 1.79. The molecule has 0 aliphatic heterocycles. The maximum atomic E-state index is 5.89. The molecule has 2 rings (SSSR count). The highest BCUT2D eigenvalue weighted by molar-refractivity contribution is 9.10. The third-order valence-electron chi connectivity index (χ3n) is 2.83. The number of halogens is 2. The fraction of sp³-hybridized carbons (Fsp3) is 0.200. The SMILES string of the molecule is Cc1cc(Br)ccc1Oc1ccc([C@@H](C)N)c(Br)c1. The average molecular weight is 385 g/mol. The van der Waals surface area contributed by atoms with Gasteiger partial charge in [0.2, 0.25) is 0 Å². The Bertz CT molecular complexity index is 597. The van der Waals surface area contributed by atoms with Gasteiger partial charge in [0.05, 0.1) is 0 Å². The van der Waals surface area contributed by atoms with E-state index in [1.807, 2.05) is 50.2 Å². The summed E-state index contributed by atoms with van der Waals surface area (Å²) < 4.78 is 7.90. The topological polar surface area (TPSA) is 35.2 Å². The van der Waals surface area contributed by atoms with Gasteiger partial charge in [-0.1, -0.05) is 37.9 Å². The number of ether oxygens (including phenoxy) is 1. The Hall–Kier alpha value is -0.840. The normalized spacial score (nSPS) is 12.3. The Morgan fingerprint density at radius 1 is 1.11 bits per heavy atom. The molecule has 2 aromatic carbocycles. The van der Waals surface area contributed by atoms with Crippen LogP contribution in [0.3, 0.4) is 0 Å². The molecule has 0 radical (unpaired) electrons. The van der Waals surface area contributed by atoms with Crippen molar-refractivity contribution in [2.24, 2.45) is 5.73 Å². The minimum absolute atomic E-state index is 0.00200. The highest BCUT2D eigenvalue weighted by atomic mass is 79.9. The summed E-state index contributed by atoms with van der Waals surface area (Å²) in [6, 6.07) is 11.8. The van der Waals surface area contributed by atoms with Crippen LogP contribution in [0.4, 0.5) is 0 Å². The summed E-state index contributed by atoms with van der Waals surface area (Å²) >= 11 is 6.97. The number of hydrogen-bond acceptors (Lipinski definition) is 2. The highest BCUT2D eigenvalue weighted by Gasteiger charge is 2.08. The lowest BCUT2D eigenvalue weighted by Gasteiger charge is -2.12. The second-order valence-corrected chi connectivity index (χ2v) is 6.25. The van der Waals surface area contributed by atoms with Crippen molar-refractivity contribution in [3.05, 3.63) is 56.5 Å². The molecule has 0 spiro atoms. The van der Waals surface area contributed by atoms with E-state index in [1.165, 1.54) is 0 Å². The first-order valence-corrected chi connectivity index (χ1v) is 7.55. The summed E-state index contributed by atoms with van der Waals surface area (Å²) in [5.74, 6) is 1.64. The van der Waals surface area contributed by atoms with Crippen LogP contribution in [0.15, 0.2) is 45.3 Å². The number of benzene rings is 2. The smallest absolute Gasteiger partial charge is 0.130 e. The highest BCUT2D eigenvalue weighted by Crippen LogP contribution is 2.31. The quantitative estimate of drug-likeness (QED) is 0.775. The van der Waals surface area contributed by atoms with Gasteiger partial charge in [-0.05, 0) is 55.3 Å². The van der Waals surface area contributed by atoms with Crippen molar-refractivity contribution < 1.29 is 4.74 Å². The molecule has 1 atom stereocenters. The summed E-state index contributed by atoms with van der Waals surface area (Å²) in [6.45, 7) is 3.98. The third kappa shape index (κ3) is 3.59. The van der Waals surface area contributed by atoms with Crippen LogP contribution < -0.4 is 10.5 Å². The second-order valence-electron chi connectivity index (χ2n) is 4.48. The van der Waals surface area contributed by atoms with E-state index < -0.39 is 0 Å². The van der Waals surface area contributed by atoms with E-state index in [-0.39, 0.29) is 6.04 Å². The molecule has 2 N–H and O–H groups in total. The molecule has 0 bridgehead atoms. The van der Waals surface area contributed by atoms with Crippen LogP contribution in [0.25, 0.3) is 0 Å². The Morgan fingerprint density at radius 2 is 1.84 bits per heavy atom. The summed E-state index contributed by atoms with van der Waals surface area (Å²) in [5.41, 5.74) is 8.04. The molecule has 0 aliphatic carbocycles. The van der Waals surface area contributed by atoms with Gasteiger partial charge >= 0.3 is 0 Å². The number of rotatable bonds is 3. The van der Waals surface area contributed by atoms with Crippen molar-refractivity contribution in [2.45, 2.75) is 19.9 Å². The molecule has 0 amide bonds. The molecule has 19 heavy (non-hydrogen) atoms. The average Bonchev–Trinajstić information content (AvgIpc) is 2.32. The monoisotopic (exact) mass is 383 g/mol. The van der Waals surface area contributed by atoms with Crippen molar-refractivity contribution in [3.8, 4) is 11.5 Å². The van der Waals surface area contributed by atoms with E-state index in [1.54, 1.807) is 0 Å². The van der Waals surface area contributed by atoms with Gasteiger partial charge in [0, 0.05) is 15.0 Å². The zero-order chi connectivity index (χ0) is 14.0. The lowest BCUT2D eigenvalue weighted by molar-refractivity contribution is 0.478. The standard InChI is InChI=1S/C15H15Br2NO/c1-9-7-11(16)3-6-15(9)19-12-4-5-13(10(2)18)14(17)8-12/h3-8,10H,18H2,1-2H3/t10-/m1/s1. The Labute approximate surface area is 130 Å². The number of hydrogen-bond donors (Lipinski definition) is 1. The zero-order valence-corrected chi connectivity index (χ0v) is 14.0. The van der Waals surface area contributed by atoms with Gasteiger partial charge in [-0.15, -0.1) is 0 Å². The lowest BCUT2D eigenvalue weighted by atomic mass is 10.1. The van der Waals surface area contributed by atoms with Crippen LogP contribution in [0.5, 0.6) is 11.5 Å². The van der Waals surface area contributed by atoms with Crippen LogP contribution in [0, 0.1) is 6.92 Å². The van der Waals surface area contributed by atoms with Gasteiger partial charge in [-0.3, -0.25) is 0 Å². The Balaban J connectivity index is 2.26. The molecule has 0 unspecified atom stereocenters. The molecule has 4 heteroatoms. The van der Waals surface area contributed by atoms with Crippen LogP contribution in [-0.2, 0) is 0 Å². The maximum Gasteiger partial charge on any atom is 0.130 e. The van der Waals surface area contributed by atoms with Crippen molar-refractivity contribution >= 4 is 31.9 Å². The molecular weight excluding hydrogens is 370 g/mol. The lowest BCUT2D eigenvalue weighted by Crippen LogP contribution is -2.05. The van der Waals surface area contributed by atoms with Gasteiger partial charge in [-0.2, -0.15) is 0 Å². The number of aryl methyl sites for hydroxylation is 1. The predicted octanol–water partition coefficient (Wildman–Crippen LogP) is 5.33. The molecule has 0 fully saturated rings. The van der Waals surface area contributed by atoms with E-state index in [2.05, 4.69) is 31.9 Å². The van der Waals surface area contributed by atoms with E-state index in [4.69, 9.17) is 10.5 Å². The zero-order valence-electron chi connectivity index (χ0n) is 10.8. The van der Waals surface area contributed by atoms with E-state index in [0.29, 0.717) is 0 Å². The van der Waals surface area contributed by atoms with E-state index in [0.717, 1.165) is 31.6 Å². The van der Waals surface area contributed by atoms with Crippen LogP contribution in [0.1, 0.15) is 24.1 Å². The Kier molecular flexibility index (Phi) is 4.66. The minimum Gasteiger partial charge on any atom is -0.457 e. The van der Waals surface area contributed by atoms with Crippen molar-refractivity contribution in [2.75, 3.05) is 0 Å². The molecule has 0 saturated carbocycles. The largest absolute Gasteiger partial charge is 0.457 e. The van der Waals surface area contributed by atoms with Crippen molar-refractivity contribution in [1.82, 2.24) is 0 Å². The molecule has 0 aliphatic rings. The summed E-state index contributed by atoms with van der Waals surface area (Å²) in [5, 5.41) is 0. The molecular formula is C15H15Br2NO. The molecule has 0 aromatic heterocycles. The molecule has 0 heterocycles.